The molecule has 0 radical (unpaired) electrons. The van der Waals surface area contributed by atoms with Crippen LogP contribution in [-0.4, -0.2) is 14.6 Å². The molecule has 0 spiro atoms. The zero-order valence-electron chi connectivity index (χ0n) is 9.30. The number of hydrogen-bond donors (Lipinski definition) is 1. The summed E-state index contributed by atoms with van der Waals surface area (Å²) in [6.07, 6.45) is 4.19. The van der Waals surface area contributed by atoms with Crippen molar-refractivity contribution in [3.05, 3.63) is 46.6 Å². The van der Waals surface area contributed by atoms with Crippen LogP contribution in [0.5, 0.6) is 0 Å². The van der Waals surface area contributed by atoms with Crippen LogP contribution in [0.25, 0.3) is 17.1 Å². The summed E-state index contributed by atoms with van der Waals surface area (Å²) in [4.78, 5) is 16.3. The zero-order chi connectivity index (χ0) is 11.8. The van der Waals surface area contributed by atoms with Crippen molar-refractivity contribution in [1.82, 2.24) is 14.6 Å². The summed E-state index contributed by atoms with van der Waals surface area (Å²) in [5, 5.41) is 2.89. The molecule has 0 aliphatic rings. The molecule has 3 aromatic rings. The van der Waals surface area contributed by atoms with E-state index in [1.807, 2.05) is 6.92 Å². The molecular weight excluding hydrogens is 218 g/mol. The van der Waals surface area contributed by atoms with Crippen LogP contribution in [0.2, 0.25) is 0 Å². The number of rotatable bonds is 2. The van der Waals surface area contributed by atoms with Crippen molar-refractivity contribution in [2.45, 2.75) is 13.3 Å². The first-order valence-corrected chi connectivity index (χ1v) is 5.43. The molecule has 3 rings (SSSR count). The molecule has 5 heteroatoms. The smallest absolute Gasteiger partial charge is 0.273 e. The Morgan fingerprint density at radius 1 is 1.53 bits per heavy atom. The molecule has 0 saturated heterocycles. The molecule has 86 valence electrons. The Labute approximate surface area is 96.7 Å². The Morgan fingerprint density at radius 2 is 2.41 bits per heavy atom. The molecule has 0 unspecified atom stereocenters. The third-order valence-electron chi connectivity index (χ3n) is 2.73. The van der Waals surface area contributed by atoms with Crippen molar-refractivity contribution >= 4 is 5.65 Å². The number of H-pyrrole nitrogens is 1. The molecule has 1 N–H and O–H groups in total. The maximum Gasteiger partial charge on any atom is 0.273 e. The van der Waals surface area contributed by atoms with E-state index in [0.717, 1.165) is 12.0 Å². The minimum Gasteiger partial charge on any atom is -0.463 e. The van der Waals surface area contributed by atoms with E-state index >= 15 is 0 Å². The molecule has 0 amide bonds. The fraction of sp³-hybridized carbons (Fsp3) is 0.167. The zero-order valence-corrected chi connectivity index (χ0v) is 9.30. The Hall–Kier alpha value is -2.30. The standard InChI is InChI=1S/C12H11N3O2/c1-2-8-7-13-15-11(16)6-9(14-12(8)15)10-4-3-5-17-10/h3-7,13H,2H2,1H3. The van der Waals surface area contributed by atoms with Crippen molar-refractivity contribution in [2.24, 2.45) is 0 Å². The molecule has 0 aliphatic heterocycles. The van der Waals surface area contributed by atoms with E-state index in [0.29, 0.717) is 17.1 Å². The average molecular weight is 229 g/mol. The van der Waals surface area contributed by atoms with Gasteiger partial charge in [-0.15, -0.1) is 0 Å². The molecule has 3 aromatic heterocycles. The van der Waals surface area contributed by atoms with Crippen molar-refractivity contribution in [3.63, 3.8) is 0 Å². The van der Waals surface area contributed by atoms with Gasteiger partial charge in [0.2, 0.25) is 0 Å². The van der Waals surface area contributed by atoms with Gasteiger partial charge in [-0.1, -0.05) is 6.92 Å². The van der Waals surface area contributed by atoms with Crippen molar-refractivity contribution < 1.29 is 4.42 Å². The van der Waals surface area contributed by atoms with Gasteiger partial charge in [0.1, 0.15) is 5.69 Å². The van der Waals surface area contributed by atoms with Crippen LogP contribution in [0.3, 0.4) is 0 Å². The van der Waals surface area contributed by atoms with Gasteiger partial charge in [-0.25, -0.2) is 9.50 Å². The fourth-order valence-electron chi connectivity index (χ4n) is 1.84. The highest BCUT2D eigenvalue weighted by atomic mass is 16.3. The number of hydrogen-bond acceptors (Lipinski definition) is 3. The Bertz CT molecular complexity index is 707. The second-order valence-corrected chi connectivity index (χ2v) is 3.77. The van der Waals surface area contributed by atoms with Crippen LogP contribution >= 0.6 is 0 Å². The minimum atomic E-state index is -0.138. The quantitative estimate of drug-likeness (QED) is 0.729. The average Bonchev–Trinajstić information content (AvgIpc) is 2.97. The van der Waals surface area contributed by atoms with Crippen LogP contribution in [-0.2, 0) is 6.42 Å². The van der Waals surface area contributed by atoms with Crippen LogP contribution in [0.1, 0.15) is 12.5 Å². The number of furan rings is 1. The predicted octanol–water partition coefficient (Wildman–Crippen LogP) is 1.84. The van der Waals surface area contributed by atoms with Gasteiger partial charge in [-0.05, 0) is 18.6 Å². The van der Waals surface area contributed by atoms with Gasteiger partial charge in [-0.2, -0.15) is 0 Å². The lowest BCUT2D eigenvalue weighted by atomic mass is 10.2. The largest absolute Gasteiger partial charge is 0.463 e. The minimum absolute atomic E-state index is 0.138. The number of aromatic amines is 1. The summed E-state index contributed by atoms with van der Waals surface area (Å²) < 4.78 is 6.69. The second-order valence-electron chi connectivity index (χ2n) is 3.77. The summed E-state index contributed by atoms with van der Waals surface area (Å²) in [6.45, 7) is 2.02. The highest BCUT2D eigenvalue weighted by Gasteiger charge is 2.10. The topological polar surface area (TPSA) is 63.3 Å². The maximum atomic E-state index is 11.9. The van der Waals surface area contributed by atoms with Crippen LogP contribution in [0.4, 0.5) is 0 Å². The molecule has 17 heavy (non-hydrogen) atoms. The Kier molecular flexibility index (Phi) is 2.11. The van der Waals surface area contributed by atoms with E-state index in [-0.39, 0.29) is 5.56 Å². The van der Waals surface area contributed by atoms with Gasteiger partial charge in [-0.3, -0.25) is 9.89 Å². The van der Waals surface area contributed by atoms with E-state index in [9.17, 15) is 4.79 Å². The van der Waals surface area contributed by atoms with Crippen LogP contribution < -0.4 is 5.56 Å². The molecule has 0 bridgehead atoms. The molecular formula is C12H11N3O2. The normalized spacial score (nSPS) is 11.1. The van der Waals surface area contributed by atoms with E-state index in [1.165, 1.54) is 10.6 Å². The lowest BCUT2D eigenvalue weighted by Crippen LogP contribution is -2.14. The van der Waals surface area contributed by atoms with E-state index in [4.69, 9.17) is 4.42 Å². The van der Waals surface area contributed by atoms with Gasteiger partial charge in [0.25, 0.3) is 5.56 Å². The van der Waals surface area contributed by atoms with Crippen LogP contribution in [0, 0.1) is 0 Å². The summed E-state index contributed by atoms with van der Waals surface area (Å²) in [7, 11) is 0. The van der Waals surface area contributed by atoms with Gasteiger partial charge in [0.05, 0.1) is 6.26 Å². The van der Waals surface area contributed by atoms with Gasteiger partial charge < -0.3 is 4.42 Å². The van der Waals surface area contributed by atoms with E-state index in [1.54, 1.807) is 24.6 Å². The highest BCUT2D eigenvalue weighted by molar-refractivity contribution is 5.57. The molecule has 3 heterocycles. The number of nitrogens with zero attached hydrogens (tertiary/aromatic N) is 2. The van der Waals surface area contributed by atoms with Crippen molar-refractivity contribution in [1.29, 1.82) is 0 Å². The monoisotopic (exact) mass is 229 g/mol. The molecule has 0 atom stereocenters. The summed E-state index contributed by atoms with van der Waals surface area (Å²) in [5.41, 5.74) is 2.09. The number of fused-ring (bicyclic) bond motifs is 1. The fourth-order valence-corrected chi connectivity index (χ4v) is 1.84. The summed E-state index contributed by atoms with van der Waals surface area (Å²) in [6, 6.07) is 5.02. The maximum absolute atomic E-state index is 11.9. The van der Waals surface area contributed by atoms with E-state index < -0.39 is 0 Å². The second kappa shape index (κ2) is 3.62. The van der Waals surface area contributed by atoms with Gasteiger partial charge in [0.15, 0.2) is 11.4 Å². The Balaban J connectivity index is 2.32. The molecule has 0 fully saturated rings. The van der Waals surface area contributed by atoms with Crippen molar-refractivity contribution in [2.75, 3.05) is 0 Å². The SMILES string of the molecule is CCc1c[nH]n2c(=O)cc(-c3ccco3)nc12. The molecule has 0 saturated carbocycles. The Morgan fingerprint density at radius 3 is 3.12 bits per heavy atom. The van der Waals surface area contributed by atoms with Crippen molar-refractivity contribution in [3.8, 4) is 11.5 Å². The lowest BCUT2D eigenvalue weighted by molar-refractivity contribution is 0.579. The summed E-state index contributed by atoms with van der Waals surface area (Å²) >= 11 is 0. The number of aryl methyl sites for hydroxylation is 1. The molecule has 0 aliphatic carbocycles. The third-order valence-corrected chi connectivity index (χ3v) is 2.73. The first-order valence-electron chi connectivity index (χ1n) is 5.43. The first kappa shape index (κ1) is 9.89. The predicted molar refractivity (Wildman–Crippen MR) is 62.9 cm³/mol. The molecule has 5 nitrogen and oxygen atoms in total. The van der Waals surface area contributed by atoms with E-state index in [2.05, 4.69) is 10.1 Å². The molecule has 0 aromatic carbocycles. The highest BCUT2D eigenvalue weighted by Crippen LogP contribution is 2.17. The summed E-state index contributed by atoms with van der Waals surface area (Å²) in [5.74, 6) is 0.604. The first-order chi connectivity index (χ1) is 8.29. The van der Waals surface area contributed by atoms with Crippen LogP contribution in [0.15, 0.2) is 39.9 Å². The van der Waals surface area contributed by atoms with Gasteiger partial charge in [0, 0.05) is 17.8 Å². The third kappa shape index (κ3) is 1.47. The van der Waals surface area contributed by atoms with Gasteiger partial charge >= 0.3 is 0 Å². The number of nitrogens with one attached hydrogen (secondary N) is 1. The number of aromatic nitrogens is 3. The lowest BCUT2D eigenvalue weighted by Gasteiger charge is -1.98.